The van der Waals surface area contributed by atoms with E-state index in [1.54, 1.807) is 19.1 Å². The Bertz CT molecular complexity index is 441. The van der Waals surface area contributed by atoms with Gasteiger partial charge in [-0.25, -0.2) is 4.39 Å². The van der Waals surface area contributed by atoms with Gasteiger partial charge in [-0.3, -0.25) is 4.79 Å². The minimum absolute atomic E-state index is 0.0728. The SMILES string of the molecule is Cc1cc(CCNC(=O)C2(N)CC2)ccc1F. The first kappa shape index (κ1) is 12.0. The maximum atomic E-state index is 13.0. The number of nitrogens with two attached hydrogens (primary N) is 1. The van der Waals surface area contributed by atoms with Gasteiger partial charge in [0.25, 0.3) is 0 Å². The highest BCUT2D eigenvalue weighted by molar-refractivity contribution is 5.88. The van der Waals surface area contributed by atoms with Gasteiger partial charge < -0.3 is 11.1 Å². The van der Waals surface area contributed by atoms with Crippen molar-refractivity contribution in [2.24, 2.45) is 5.73 Å². The van der Waals surface area contributed by atoms with Crippen LogP contribution in [0.2, 0.25) is 0 Å². The lowest BCUT2D eigenvalue weighted by atomic mass is 10.1. The number of benzene rings is 1. The summed E-state index contributed by atoms with van der Waals surface area (Å²) in [7, 11) is 0. The zero-order valence-corrected chi connectivity index (χ0v) is 9.92. The number of halogens is 1. The Labute approximate surface area is 100 Å². The van der Waals surface area contributed by atoms with Crippen LogP contribution in [0.1, 0.15) is 24.0 Å². The largest absolute Gasteiger partial charge is 0.354 e. The van der Waals surface area contributed by atoms with E-state index in [2.05, 4.69) is 5.32 Å². The maximum absolute atomic E-state index is 13.0. The van der Waals surface area contributed by atoms with Crippen LogP contribution in [-0.4, -0.2) is 18.0 Å². The van der Waals surface area contributed by atoms with Crippen molar-refractivity contribution in [2.75, 3.05) is 6.54 Å². The topological polar surface area (TPSA) is 55.1 Å². The molecule has 92 valence electrons. The Morgan fingerprint density at radius 2 is 2.24 bits per heavy atom. The lowest BCUT2D eigenvalue weighted by Gasteiger charge is -2.10. The molecule has 0 spiro atoms. The highest BCUT2D eigenvalue weighted by Gasteiger charge is 2.45. The molecule has 1 aliphatic rings. The van der Waals surface area contributed by atoms with E-state index < -0.39 is 5.54 Å². The van der Waals surface area contributed by atoms with Crippen molar-refractivity contribution in [3.05, 3.63) is 35.1 Å². The summed E-state index contributed by atoms with van der Waals surface area (Å²) in [6.07, 6.45) is 2.24. The molecule has 1 fully saturated rings. The summed E-state index contributed by atoms with van der Waals surface area (Å²) < 4.78 is 13.0. The van der Waals surface area contributed by atoms with Crippen LogP contribution in [0.5, 0.6) is 0 Å². The molecular weight excluding hydrogens is 219 g/mol. The molecule has 2 rings (SSSR count). The second-order valence-corrected chi connectivity index (χ2v) is 4.75. The van der Waals surface area contributed by atoms with E-state index in [1.807, 2.05) is 0 Å². The second-order valence-electron chi connectivity index (χ2n) is 4.75. The average Bonchev–Trinajstić information content (AvgIpc) is 3.03. The Balaban J connectivity index is 1.82. The number of carbonyl (C=O) groups is 1. The Kier molecular flexibility index (Phi) is 3.15. The fraction of sp³-hybridized carbons (Fsp3) is 0.462. The average molecular weight is 236 g/mol. The van der Waals surface area contributed by atoms with Crippen LogP contribution in [0, 0.1) is 12.7 Å². The zero-order chi connectivity index (χ0) is 12.5. The molecule has 3 nitrogen and oxygen atoms in total. The molecule has 0 aliphatic heterocycles. The van der Waals surface area contributed by atoms with Gasteiger partial charge >= 0.3 is 0 Å². The van der Waals surface area contributed by atoms with Gasteiger partial charge in [-0.1, -0.05) is 12.1 Å². The highest BCUT2D eigenvalue weighted by atomic mass is 19.1. The van der Waals surface area contributed by atoms with Gasteiger partial charge in [-0.05, 0) is 43.4 Å². The van der Waals surface area contributed by atoms with Crippen LogP contribution in [-0.2, 0) is 11.2 Å². The van der Waals surface area contributed by atoms with Crippen LogP contribution in [0.15, 0.2) is 18.2 Å². The van der Waals surface area contributed by atoms with E-state index >= 15 is 0 Å². The number of amides is 1. The van der Waals surface area contributed by atoms with Gasteiger partial charge in [-0.2, -0.15) is 0 Å². The number of carbonyl (C=O) groups excluding carboxylic acids is 1. The van der Waals surface area contributed by atoms with Crippen LogP contribution in [0.4, 0.5) is 4.39 Å². The van der Waals surface area contributed by atoms with Crippen LogP contribution < -0.4 is 11.1 Å². The molecule has 0 bridgehead atoms. The third kappa shape index (κ3) is 2.82. The lowest BCUT2D eigenvalue weighted by Crippen LogP contribution is -2.43. The van der Waals surface area contributed by atoms with Crippen LogP contribution in [0.25, 0.3) is 0 Å². The summed E-state index contributed by atoms with van der Waals surface area (Å²) in [6.45, 7) is 2.28. The Morgan fingerprint density at radius 1 is 1.53 bits per heavy atom. The second kappa shape index (κ2) is 4.45. The van der Waals surface area contributed by atoms with Crippen molar-refractivity contribution in [2.45, 2.75) is 31.7 Å². The molecule has 0 aromatic heterocycles. The normalized spacial score (nSPS) is 16.6. The van der Waals surface area contributed by atoms with E-state index in [4.69, 9.17) is 5.73 Å². The molecule has 1 aromatic carbocycles. The van der Waals surface area contributed by atoms with Crippen molar-refractivity contribution in [3.8, 4) is 0 Å². The van der Waals surface area contributed by atoms with Gasteiger partial charge in [0.05, 0.1) is 5.54 Å². The van der Waals surface area contributed by atoms with Crippen molar-refractivity contribution >= 4 is 5.91 Å². The summed E-state index contributed by atoms with van der Waals surface area (Å²) in [4.78, 5) is 11.5. The number of rotatable bonds is 4. The van der Waals surface area contributed by atoms with Crippen LogP contribution >= 0.6 is 0 Å². The number of nitrogens with one attached hydrogen (secondary N) is 1. The van der Waals surface area contributed by atoms with Gasteiger partial charge in [-0.15, -0.1) is 0 Å². The van der Waals surface area contributed by atoms with E-state index in [0.717, 1.165) is 18.4 Å². The molecule has 17 heavy (non-hydrogen) atoms. The van der Waals surface area contributed by atoms with E-state index in [-0.39, 0.29) is 11.7 Å². The first-order valence-electron chi connectivity index (χ1n) is 5.83. The maximum Gasteiger partial charge on any atom is 0.240 e. The van der Waals surface area contributed by atoms with Crippen molar-refractivity contribution in [3.63, 3.8) is 0 Å². The molecular formula is C13H17FN2O. The van der Waals surface area contributed by atoms with Gasteiger partial charge in [0.1, 0.15) is 5.82 Å². The molecule has 1 saturated carbocycles. The molecule has 4 heteroatoms. The molecule has 3 N–H and O–H groups in total. The third-order valence-electron chi connectivity index (χ3n) is 3.16. The molecule has 0 atom stereocenters. The molecule has 0 heterocycles. The Hall–Kier alpha value is -1.42. The predicted octanol–water partition coefficient (Wildman–Crippen LogP) is 1.28. The van der Waals surface area contributed by atoms with E-state index in [1.165, 1.54) is 6.07 Å². The van der Waals surface area contributed by atoms with Crippen molar-refractivity contribution in [1.82, 2.24) is 5.32 Å². The number of hydrogen-bond donors (Lipinski definition) is 2. The lowest BCUT2D eigenvalue weighted by molar-refractivity contribution is -0.123. The van der Waals surface area contributed by atoms with Crippen molar-refractivity contribution in [1.29, 1.82) is 0 Å². The standard InChI is InChI=1S/C13H17FN2O/c1-9-8-10(2-3-11(9)14)4-7-16-12(17)13(15)5-6-13/h2-3,8H,4-7,15H2,1H3,(H,16,17). The fourth-order valence-electron chi connectivity index (χ4n) is 1.72. The zero-order valence-electron chi connectivity index (χ0n) is 9.92. The smallest absolute Gasteiger partial charge is 0.240 e. The molecule has 1 amide bonds. The Morgan fingerprint density at radius 3 is 2.82 bits per heavy atom. The van der Waals surface area contributed by atoms with Gasteiger partial charge in [0.2, 0.25) is 5.91 Å². The van der Waals surface area contributed by atoms with Gasteiger partial charge in [0, 0.05) is 6.54 Å². The molecule has 0 saturated heterocycles. The summed E-state index contributed by atoms with van der Waals surface area (Å²) in [5.74, 6) is -0.270. The first-order valence-corrected chi connectivity index (χ1v) is 5.83. The summed E-state index contributed by atoms with van der Waals surface area (Å²) >= 11 is 0. The third-order valence-corrected chi connectivity index (χ3v) is 3.16. The van der Waals surface area contributed by atoms with E-state index in [0.29, 0.717) is 18.5 Å². The van der Waals surface area contributed by atoms with Crippen molar-refractivity contribution < 1.29 is 9.18 Å². The number of aryl methyl sites for hydroxylation is 1. The van der Waals surface area contributed by atoms with Gasteiger partial charge in [0.15, 0.2) is 0 Å². The molecule has 1 aliphatic carbocycles. The minimum Gasteiger partial charge on any atom is -0.354 e. The molecule has 0 unspecified atom stereocenters. The van der Waals surface area contributed by atoms with Crippen LogP contribution in [0.3, 0.4) is 0 Å². The highest BCUT2D eigenvalue weighted by Crippen LogP contribution is 2.31. The monoisotopic (exact) mass is 236 g/mol. The fourth-order valence-corrected chi connectivity index (χ4v) is 1.72. The molecule has 1 aromatic rings. The molecule has 0 radical (unpaired) electrons. The summed E-state index contributed by atoms with van der Waals surface area (Å²) in [5, 5.41) is 2.81. The van der Waals surface area contributed by atoms with E-state index in [9.17, 15) is 9.18 Å². The summed E-state index contributed by atoms with van der Waals surface area (Å²) in [5.41, 5.74) is 6.79. The first-order chi connectivity index (χ1) is 8.01. The predicted molar refractivity (Wildman–Crippen MR) is 64.0 cm³/mol. The minimum atomic E-state index is -0.612. The quantitative estimate of drug-likeness (QED) is 0.827. The summed E-state index contributed by atoms with van der Waals surface area (Å²) in [6, 6.07) is 5.00. The number of hydrogen-bond acceptors (Lipinski definition) is 2.